The van der Waals surface area contributed by atoms with E-state index in [4.69, 9.17) is 19.4 Å². The van der Waals surface area contributed by atoms with Gasteiger partial charge in [-0.15, -0.1) is 0 Å². The number of pyridine rings is 1. The molecule has 0 saturated carbocycles. The number of carbonyl (C=O) groups is 1. The molecule has 0 bridgehead atoms. The van der Waals surface area contributed by atoms with Crippen LogP contribution in [-0.2, 0) is 27.2 Å². The molecule has 44 heavy (non-hydrogen) atoms. The molecule has 0 spiro atoms. The van der Waals surface area contributed by atoms with Gasteiger partial charge >= 0.3 is 0 Å². The Morgan fingerprint density at radius 1 is 0.955 bits per heavy atom. The predicted molar refractivity (Wildman–Crippen MR) is 162 cm³/mol. The van der Waals surface area contributed by atoms with Crippen molar-refractivity contribution in [2.24, 2.45) is 5.41 Å². The van der Waals surface area contributed by atoms with Crippen molar-refractivity contribution < 1.29 is 18.7 Å². The van der Waals surface area contributed by atoms with E-state index in [2.05, 4.69) is 25.6 Å². The molecule has 224 valence electrons. The molecule has 6 rings (SSSR count). The molecule has 1 amide bonds. The summed E-state index contributed by atoms with van der Waals surface area (Å²) in [5, 5.41) is 6.24. The number of hydrogen-bond acceptors (Lipinski definition) is 8. The number of nitrogens with zero attached hydrogens (tertiary/aromatic N) is 4. The SMILES string of the molecule is CC1(CNC(=O)Cc2ccccc2)COC(c2nc(-c3ccc(F)cc3)c(-c3ccnc(NCc4ccncc4)n3)[nH]2)OC1. The average Bonchev–Trinajstić information content (AvgIpc) is 3.50. The molecule has 0 atom stereocenters. The van der Waals surface area contributed by atoms with Gasteiger partial charge in [0.1, 0.15) is 5.82 Å². The van der Waals surface area contributed by atoms with Crippen LogP contribution in [0.1, 0.15) is 30.2 Å². The van der Waals surface area contributed by atoms with Crippen molar-refractivity contribution in [1.82, 2.24) is 30.2 Å². The minimum absolute atomic E-state index is 0.0568. The van der Waals surface area contributed by atoms with Crippen LogP contribution in [-0.4, -0.2) is 50.6 Å². The maximum absolute atomic E-state index is 13.8. The van der Waals surface area contributed by atoms with Crippen LogP contribution in [0.4, 0.5) is 10.3 Å². The number of nitrogens with one attached hydrogen (secondary N) is 3. The molecule has 0 unspecified atom stereocenters. The lowest BCUT2D eigenvalue weighted by Crippen LogP contribution is -2.45. The summed E-state index contributed by atoms with van der Waals surface area (Å²) in [6.07, 6.45) is 4.68. The van der Waals surface area contributed by atoms with Gasteiger partial charge in [-0.25, -0.2) is 19.3 Å². The standard InChI is InChI=1S/C33H32FN7O3/c1-33(19-38-27(42)17-22-5-3-2-4-6-22)20-43-31(44-21-33)30-40-28(24-7-9-25(34)10-8-24)29(41-30)26-13-16-36-32(39-26)37-18-23-11-14-35-15-12-23/h2-16,31H,17-21H2,1H3,(H,38,42)(H,40,41)(H,36,37,39). The van der Waals surface area contributed by atoms with E-state index in [0.717, 1.165) is 11.1 Å². The van der Waals surface area contributed by atoms with Gasteiger partial charge in [-0.05, 0) is 53.6 Å². The first kappa shape index (κ1) is 29.1. The zero-order chi connectivity index (χ0) is 30.4. The van der Waals surface area contributed by atoms with Gasteiger partial charge in [-0.1, -0.05) is 37.3 Å². The van der Waals surface area contributed by atoms with Crippen LogP contribution in [0.2, 0.25) is 0 Å². The molecule has 3 N–H and O–H groups in total. The lowest BCUT2D eigenvalue weighted by molar-refractivity contribution is -0.232. The summed E-state index contributed by atoms with van der Waals surface area (Å²) in [6, 6.07) is 21.3. The molecule has 10 nitrogen and oxygen atoms in total. The number of carbonyl (C=O) groups excluding carboxylic acids is 1. The Labute approximate surface area is 254 Å². The number of aromatic nitrogens is 5. The summed E-state index contributed by atoms with van der Waals surface area (Å²) in [4.78, 5) is 33.8. The first-order valence-electron chi connectivity index (χ1n) is 14.3. The minimum Gasteiger partial charge on any atom is -0.355 e. The van der Waals surface area contributed by atoms with E-state index in [1.807, 2.05) is 49.4 Å². The highest BCUT2D eigenvalue weighted by molar-refractivity contribution is 5.78. The molecular formula is C33H32FN7O3. The molecule has 2 aromatic carbocycles. The number of benzene rings is 2. The minimum atomic E-state index is -0.762. The lowest BCUT2D eigenvalue weighted by atomic mass is 9.92. The molecule has 0 radical (unpaired) electrons. The highest BCUT2D eigenvalue weighted by Gasteiger charge is 2.35. The summed E-state index contributed by atoms with van der Waals surface area (Å²) in [5.74, 6) is 0.499. The smallest absolute Gasteiger partial charge is 0.224 e. The molecule has 1 saturated heterocycles. The van der Waals surface area contributed by atoms with Gasteiger partial charge in [-0.2, -0.15) is 0 Å². The number of anilines is 1. The number of halogens is 1. The molecule has 1 aliphatic rings. The van der Waals surface area contributed by atoms with Crippen molar-refractivity contribution in [3.8, 4) is 22.6 Å². The molecule has 4 heterocycles. The second-order valence-corrected chi connectivity index (χ2v) is 11.0. The maximum Gasteiger partial charge on any atom is 0.224 e. The fourth-order valence-electron chi connectivity index (χ4n) is 4.83. The van der Waals surface area contributed by atoms with Gasteiger partial charge in [0.2, 0.25) is 18.1 Å². The molecule has 5 aromatic rings. The topological polar surface area (TPSA) is 127 Å². The third-order valence-corrected chi connectivity index (χ3v) is 7.26. The third-order valence-electron chi connectivity index (χ3n) is 7.26. The second-order valence-electron chi connectivity index (χ2n) is 11.0. The summed E-state index contributed by atoms with van der Waals surface area (Å²) < 4.78 is 26.0. The maximum atomic E-state index is 13.8. The fraction of sp³-hybridized carbons (Fsp3) is 0.242. The number of rotatable bonds is 10. The van der Waals surface area contributed by atoms with E-state index in [1.54, 1.807) is 36.8 Å². The van der Waals surface area contributed by atoms with E-state index < -0.39 is 11.7 Å². The molecule has 1 aliphatic heterocycles. The van der Waals surface area contributed by atoms with Gasteiger partial charge < -0.3 is 25.1 Å². The second kappa shape index (κ2) is 13.1. The number of H-pyrrole nitrogens is 1. The highest BCUT2D eigenvalue weighted by atomic mass is 19.1. The highest BCUT2D eigenvalue weighted by Crippen LogP contribution is 2.35. The van der Waals surface area contributed by atoms with Crippen LogP contribution in [0.3, 0.4) is 0 Å². The van der Waals surface area contributed by atoms with Crippen molar-refractivity contribution in [3.63, 3.8) is 0 Å². The quantitative estimate of drug-likeness (QED) is 0.204. The van der Waals surface area contributed by atoms with Crippen molar-refractivity contribution >= 4 is 11.9 Å². The van der Waals surface area contributed by atoms with Crippen molar-refractivity contribution in [3.05, 3.63) is 114 Å². The van der Waals surface area contributed by atoms with Crippen LogP contribution in [0.25, 0.3) is 22.6 Å². The largest absolute Gasteiger partial charge is 0.355 e. The normalized spacial score (nSPS) is 18.1. The van der Waals surface area contributed by atoms with Gasteiger partial charge in [0.25, 0.3) is 0 Å². The van der Waals surface area contributed by atoms with E-state index in [1.165, 1.54) is 12.1 Å². The molecule has 1 fully saturated rings. The van der Waals surface area contributed by atoms with Crippen LogP contribution in [0.5, 0.6) is 0 Å². The van der Waals surface area contributed by atoms with Crippen LogP contribution in [0.15, 0.2) is 91.4 Å². The summed E-state index contributed by atoms with van der Waals surface area (Å²) in [5.41, 5.74) is 4.08. The van der Waals surface area contributed by atoms with Crippen molar-refractivity contribution in [2.45, 2.75) is 26.2 Å². The van der Waals surface area contributed by atoms with Gasteiger partial charge in [0, 0.05) is 42.7 Å². The Bertz CT molecular complexity index is 1690. The first-order chi connectivity index (χ1) is 21.4. The Morgan fingerprint density at radius 2 is 1.70 bits per heavy atom. The molecular weight excluding hydrogens is 561 g/mol. The molecule has 11 heteroatoms. The van der Waals surface area contributed by atoms with Gasteiger partial charge in [-0.3, -0.25) is 9.78 Å². The van der Waals surface area contributed by atoms with Crippen molar-refractivity contribution in [1.29, 1.82) is 0 Å². The summed E-state index contributed by atoms with van der Waals surface area (Å²) >= 11 is 0. The van der Waals surface area contributed by atoms with Gasteiger partial charge in [0.05, 0.1) is 36.7 Å². The van der Waals surface area contributed by atoms with Gasteiger partial charge in [0.15, 0.2) is 5.82 Å². The number of amides is 1. The molecule has 0 aliphatic carbocycles. The van der Waals surface area contributed by atoms with Crippen molar-refractivity contribution in [2.75, 3.05) is 25.1 Å². The molecule has 3 aromatic heterocycles. The Hall–Kier alpha value is -5.00. The average molecular weight is 594 g/mol. The van der Waals surface area contributed by atoms with E-state index in [0.29, 0.717) is 67.1 Å². The Balaban J connectivity index is 1.17. The summed E-state index contributed by atoms with van der Waals surface area (Å²) in [6.45, 7) is 3.64. The number of ether oxygens (including phenoxy) is 2. The van der Waals surface area contributed by atoms with E-state index in [-0.39, 0.29) is 11.7 Å². The third kappa shape index (κ3) is 7.13. The van der Waals surface area contributed by atoms with Crippen LogP contribution >= 0.6 is 0 Å². The number of hydrogen-bond donors (Lipinski definition) is 3. The number of imidazole rings is 1. The number of aromatic amines is 1. The monoisotopic (exact) mass is 593 g/mol. The zero-order valence-electron chi connectivity index (χ0n) is 24.2. The lowest BCUT2D eigenvalue weighted by Gasteiger charge is -2.36. The van der Waals surface area contributed by atoms with Crippen LogP contribution < -0.4 is 10.6 Å². The zero-order valence-corrected chi connectivity index (χ0v) is 24.2. The van der Waals surface area contributed by atoms with Crippen LogP contribution in [0, 0.1) is 11.2 Å². The fourth-order valence-corrected chi connectivity index (χ4v) is 4.83. The Morgan fingerprint density at radius 3 is 2.45 bits per heavy atom. The first-order valence-corrected chi connectivity index (χ1v) is 14.3. The Kier molecular flexibility index (Phi) is 8.67. The van der Waals surface area contributed by atoms with E-state index >= 15 is 0 Å². The van der Waals surface area contributed by atoms with E-state index in [9.17, 15) is 9.18 Å². The predicted octanol–water partition coefficient (Wildman–Crippen LogP) is 5.09. The summed E-state index contributed by atoms with van der Waals surface area (Å²) in [7, 11) is 0.